The van der Waals surface area contributed by atoms with Gasteiger partial charge in [-0.1, -0.05) is 0 Å². The number of nitrogens with two attached hydrogens (primary N) is 1. The Bertz CT molecular complexity index is 500. The van der Waals surface area contributed by atoms with Gasteiger partial charge >= 0.3 is 0 Å². The number of nitrogens with zero attached hydrogens (tertiary/aromatic N) is 1. The molecular formula is C11H19N3O3S. The van der Waals surface area contributed by atoms with Gasteiger partial charge in [0.25, 0.3) is 0 Å². The summed E-state index contributed by atoms with van der Waals surface area (Å²) in [7, 11) is 1.77. The van der Waals surface area contributed by atoms with E-state index in [9.17, 15) is 8.42 Å². The summed E-state index contributed by atoms with van der Waals surface area (Å²) in [5.74, 6) is 0.493. The molecule has 102 valence electrons. The third kappa shape index (κ3) is 3.86. The molecule has 3 N–H and O–H groups in total. The largest absolute Gasteiger partial charge is 0.490 e. The predicted molar refractivity (Wildman–Crippen MR) is 71.1 cm³/mol. The summed E-state index contributed by atoms with van der Waals surface area (Å²) in [6.45, 7) is 1.26. The van der Waals surface area contributed by atoms with Crippen LogP contribution in [-0.4, -0.2) is 47.6 Å². The molecule has 0 spiro atoms. The fourth-order valence-corrected chi connectivity index (χ4v) is 2.05. The Morgan fingerprint density at radius 3 is 2.56 bits per heavy atom. The van der Waals surface area contributed by atoms with Crippen LogP contribution in [0.15, 0.2) is 23.1 Å². The monoisotopic (exact) mass is 273 g/mol. The molecule has 1 aromatic rings. The lowest BCUT2D eigenvalue weighted by atomic mass is 10.3. The van der Waals surface area contributed by atoms with Crippen LogP contribution < -0.4 is 15.2 Å². The molecule has 0 radical (unpaired) electrons. The second-order valence-electron chi connectivity index (χ2n) is 4.06. The molecule has 6 nitrogen and oxygen atoms in total. The summed E-state index contributed by atoms with van der Waals surface area (Å²) < 4.78 is 30.8. The lowest BCUT2D eigenvalue weighted by Gasteiger charge is -2.13. The smallest absolute Gasteiger partial charge is 0.240 e. The summed E-state index contributed by atoms with van der Waals surface area (Å²) in [6, 6.07) is 4.42. The molecule has 0 saturated carbocycles. The van der Waals surface area contributed by atoms with Crippen molar-refractivity contribution in [2.75, 3.05) is 40.0 Å². The van der Waals surface area contributed by atoms with Gasteiger partial charge in [0, 0.05) is 6.54 Å². The number of sulfonamides is 1. The second-order valence-corrected chi connectivity index (χ2v) is 5.95. The molecular weight excluding hydrogens is 254 g/mol. The zero-order valence-corrected chi connectivity index (χ0v) is 11.6. The molecule has 0 unspecified atom stereocenters. The average molecular weight is 273 g/mol. The number of nitrogen functional groups attached to an aromatic ring is 1. The first-order chi connectivity index (χ1) is 8.36. The summed E-state index contributed by atoms with van der Waals surface area (Å²) in [6.07, 6.45) is 0. The van der Waals surface area contributed by atoms with E-state index in [1.165, 1.54) is 19.2 Å². The Morgan fingerprint density at radius 1 is 1.39 bits per heavy atom. The number of ether oxygens (including phenoxy) is 1. The van der Waals surface area contributed by atoms with E-state index in [1.807, 2.05) is 19.0 Å². The minimum Gasteiger partial charge on any atom is -0.490 e. The van der Waals surface area contributed by atoms with Gasteiger partial charge in [-0.2, -0.15) is 0 Å². The molecule has 7 heteroatoms. The van der Waals surface area contributed by atoms with E-state index in [2.05, 4.69) is 4.72 Å². The van der Waals surface area contributed by atoms with Crippen molar-refractivity contribution in [3.8, 4) is 5.75 Å². The maximum absolute atomic E-state index is 11.6. The first kappa shape index (κ1) is 14.7. The van der Waals surface area contributed by atoms with Crippen molar-refractivity contribution in [2.24, 2.45) is 0 Å². The van der Waals surface area contributed by atoms with Crippen LogP contribution in [-0.2, 0) is 10.0 Å². The lowest BCUT2D eigenvalue weighted by molar-refractivity contribution is 0.262. The molecule has 0 saturated heterocycles. The van der Waals surface area contributed by atoms with Crippen LogP contribution in [0.2, 0.25) is 0 Å². The third-order valence-electron chi connectivity index (χ3n) is 2.36. The number of rotatable bonds is 6. The fraction of sp³-hybridized carbons (Fsp3) is 0.455. The Balaban J connectivity index is 2.81. The first-order valence-corrected chi connectivity index (χ1v) is 6.95. The van der Waals surface area contributed by atoms with Gasteiger partial charge in [0.15, 0.2) is 0 Å². The standard InChI is InChI=1S/C11H19N3O3S/c1-13-18(15,16)9-4-5-11(10(12)8-9)17-7-6-14(2)3/h4-5,8,13H,6-7,12H2,1-3H3. The highest BCUT2D eigenvalue weighted by molar-refractivity contribution is 7.89. The second kappa shape index (κ2) is 6.03. The van der Waals surface area contributed by atoms with Gasteiger partial charge in [-0.05, 0) is 39.3 Å². The highest BCUT2D eigenvalue weighted by Crippen LogP contribution is 2.24. The normalized spacial score (nSPS) is 11.8. The summed E-state index contributed by atoms with van der Waals surface area (Å²) >= 11 is 0. The summed E-state index contributed by atoms with van der Waals surface area (Å²) in [4.78, 5) is 2.11. The van der Waals surface area contributed by atoms with Gasteiger partial charge in [0.1, 0.15) is 12.4 Å². The van der Waals surface area contributed by atoms with Gasteiger partial charge in [-0.25, -0.2) is 13.1 Å². The molecule has 0 aromatic heterocycles. The van der Waals surface area contributed by atoms with Gasteiger partial charge < -0.3 is 15.4 Å². The van der Waals surface area contributed by atoms with Crippen LogP contribution in [0.5, 0.6) is 5.75 Å². The summed E-state index contributed by atoms with van der Waals surface area (Å²) in [5.41, 5.74) is 6.07. The number of nitrogens with one attached hydrogen (secondary N) is 1. The topological polar surface area (TPSA) is 84.7 Å². The average Bonchev–Trinajstić information content (AvgIpc) is 2.30. The van der Waals surface area contributed by atoms with E-state index < -0.39 is 10.0 Å². The van der Waals surface area contributed by atoms with E-state index in [1.54, 1.807) is 6.07 Å². The fourth-order valence-electron chi connectivity index (χ4n) is 1.28. The minimum atomic E-state index is -3.47. The molecule has 0 atom stereocenters. The summed E-state index contributed by atoms with van der Waals surface area (Å²) in [5, 5.41) is 0. The van der Waals surface area contributed by atoms with Gasteiger partial charge in [0.05, 0.1) is 10.6 Å². The Morgan fingerprint density at radius 2 is 2.06 bits per heavy atom. The predicted octanol–water partition coefficient (Wildman–Crippen LogP) is 0.117. The van der Waals surface area contributed by atoms with Crippen molar-refractivity contribution in [1.29, 1.82) is 0 Å². The van der Waals surface area contributed by atoms with Crippen LogP contribution >= 0.6 is 0 Å². The van der Waals surface area contributed by atoms with Crippen molar-refractivity contribution < 1.29 is 13.2 Å². The number of hydrogen-bond acceptors (Lipinski definition) is 5. The quantitative estimate of drug-likeness (QED) is 0.719. The minimum absolute atomic E-state index is 0.127. The van der Waals surface area contributed by atoms with Crippen molar-refractivity contribution >= 4 is 15.7 Å². The SMILES string of the molecule is CNS(=O)(=O)c1ccc(OCCN(C)C)c(N)c1. The lowest BCUT2D eigenvalue weighted by Crippen LogP contribution is -2.20. The molecule has 0 fully saturated rings. The van der Waals surface area contributed by atoms with Crippen LogP contribution in [0, 0.1) is 0 Å². The molecule has 1 rings (SSSR count). The van der Waals surface area contributed by atoms with Crippen LogP contribution in [0.4, 0.5) is 5.69 Å². The van der Waals surface area contributed by atoms with Crippen LogP contribution in [0.1, 0.15) is 0 Å². The van der Waals surface area contributed by atoms with E-state index in [0.717, 1.165) is 6.54 Å². The van der Waals surface area contributed by atoms with Crippen molar-refractivity contribution in [2.45, 2.75) is 4.90 Å². The molecule has 18 heavy (non-hydrogen) atoms. The molecule has 0 aliphatic heterocycles. The van der Waals surface area contributed by atoms with Crippen molar-refractivity contribution in [3.63, 3.8) is 0 Å². The number of benzene rings is 1. The van der Waals surface area contributed by atoms with Gasteiger partial charge in [0.2, 0.25) is 10.0 Å². The van der Waals surface area contributed by atoms with E-state index in [-0.39, 0.29) is 4.90 Å². The third-order valence-corrected chi connectivity index (χ3v) is 3.77. The Hall–Kier alpha value is -1.31. The van der Waals surface area contributed by atoms with Crippen molar-refractivity contribution in [1.82, 2.24) is 9.62 Å². The Kier molecular flexibility index (Phi) is 4.94. The zero-order chi connectivity index (χ0) is 13.8. The maximum Gasteiger partial charge on any atom is 0.240 e. The zero-order valence-electron chi connectivity index (χ0n) is 10.8. The number of likely N-dealkylation sites (N-methyl/N-ethyl adjacent to an activating group) is 1. The molecule has 0 bridgehead atoms. The van der Waals surface area contributed by atoms with E-state index in [4.69, 9.17) is 10.5 Å². The first-order valence-electron chi connectivity index (χ1n) is 5.47. The maximum atomic E-state index is 11.6. The molecule has 0 aliphatic rings. The number of anilines is 1. The molecule has 0 aliphatic carbocycles. The molecule has 0 amide bonds. The van der Waals surface area contributed by atoms with Gasteiger partial charge in [-0.15, -0.1) is 0 Å². The van der Waals surface area contributed by atoms with Crippen LogP contribution in [0.3, 0.4) is 0 Å². The molecule has 0 heterocycles. The van der Waals surface area contributed by atoms with E-state index in [0.29, 0.717) is 18.0 Å². The number of hydrogen-bond donors (Lipinski definition) is 2. The van der Waals surface area contributed by atoms with E-state index >= 15 is 0 Å². The van der Waals surface area contributed by atoms with Crippen molar-refractivity contribution in [3.05, 3.63) is 18.2 Å². The highest BCUT2D eigenvalue weighted by Gasteiger charge is 2.13. The molecule has 1 aromatic carbocycles. The van der Waals surface area contributed by atoms with Crippen LogP contribution in [0.25, 0.3) is 0 Å². The highest BCUT2D eigenvalue weighted by atomic mass is 32.2. The van der Waals surface area contributed by atoms with Gasteiger partial charge in [-0.3, -0.25) is 0 Å². The Labute approximate surface area is 108 Å².